The summed E-state index contributed by atoms with van der Waals surface area (Å²) in [5, 5.41) is 0.816. The number of rotatable bonds is 10. The molecule has 0 N–H and O–H groups in total. The number of benzene rings is 3. The zero-order valence-electron chi connectivity index (χ0n) is 21.1. The van der Waals surface area contributed by atoms with Crippen LogP contribution in [0, 0.1) is 0 Å². The first-order valence-electron chi connectivity index (χ1n) is 11.8. The van der Waals surface area contributed by atoms with Crippen molar-refractivity contribution in [2.24, 2.45) is 0 Å². The third-order valence-corrected chi connectivity index (χ3v) is 6.08. The van der Waals surface area contributed by atoms with Crippen LogP contribution in [0.3, 0.4) is 0 Å². The maximum absolute atomic E-state index is 13.6. The molecule has 3 aromatic rings. The van der Waals surface area contributed by atoms with Gasteiger partial charge in [0.1, 0.15) is 23.2 Å². The Morgan fingerprint density at radius 1 is 0.784 bits per heavy atom. The van der Waals surface area contributed by atoms with Crippen LogP contribution in [-0.4, -0.2) is 55.9 Å². The fraction of sp³-hybridized carbons (Fsp3) is 0.241. The minimum Gasteiger partial charge on any atom is -0.497 e. The number of amides is 2. The molecule has 1 aliphatic heterocycles. The van der Waals surface area contributed by atoms with Crippen molar-refractivity contribution >= 4 is 17.9 Å². The van der Waals surface area contributed by atoms with E-state index in [1.807, 2.05) is 83.8 Å². The third-order valence-electron chi connectivity index (χ3n) is 6.08. The Morgan fingerprint density at radius 2 is 1.41 bits per heavy atom. The molecule has 1 heterocycles. The molecule has 37 heavy (non-hydrogen) atoms. The molecule has 192 valence electrons. The molecule has 0 aliphatic carbocycles. The van der Waals surface area contributed by atoms with E-state index in [9.17, 15) is 9.59 Å². The van der Waals surface area contributed by atoms with Crippen LogP contribution in [0.5, 0.6) is 11.5 Å². The lowest BCUT2D eigenvalue weighted by molar-refractivity contribution is -0.225. The van der Waals surface area contributed by atoms with E-state index in [4.69, 9.17) is 19.0 Å². The van der Waals surface area contributed by atoms with Gasteiger partial charge in [-0.05, 0) is 47.0 Å². The summed E-state index contributed by atoms with van der Waals surface area (Å²) in [5.74, 6) is 0.417. The average Bonchev–Trinajstić information content (AvgIpc) is 2.94. The van der Waals surface area contributed by atoms with Gasteiger partial charge in [0.05, 0.1) is 14.2 Å². The maximum atomic E-state index is 13.6. The summed E-state index contributed by atoms with van der Waals surface area (Å²) in [6.07, 6.45) is 2.15. The van der Waals surface area contributed by atoms with Crippen molar-refractivity contribution in [3.63, 3.8) is 0 Å². The van der Waals surface area contributed by atoms with E-state index < -0.39 is 17.9 Å². The second-order valence-corrected chi connectivity index (χ2v) is 8.46. The Bertz CT molecular complexity index is 1230. The topological polar surface area (TPSA) is 77.5 Å². The van der Waals surface area contributed by atoms with Crippen LogP contribution in [0.4, 0.5) is 0 Å². The first-order chi connectivity index (χ1) is 18.0. The standard InChI is InChI=1S/C29H30N2O6/c1-34-20-37-31-28(32)26(17-21-7-5-4-6-8-21)30(19-23-11-15-25(36-3)16-12-23)27(29(31)33)18-22-9-13-24(35-2)14-10-22/h4-16,18,26H,17,19-20H2,1-3H3/b27-18-. The van der Waals surface area contributed by atoms with E-state index in [1.54, 1.807) is 20.3 Å². The van der Waals surface area contributed by atoms with Gasteiger partial charge in [-0.25, -0.2) is 4.84 Å². The lowest BCUT2D eigenvalue weighted by atomic mass is 9.98. The Hall–Kier alpha value is -4.14. The monoisotopic (exact) mass is 502 g/mol. The van der Waals surface area contributed by atoms with Gasteiger partial charge in [0.15, 0.2) is 6.79 Å². The normalized spacial score (nSPS) is 16.8. The Labute approximate surface area is 216 Å². The highest BCUT2D eigenvalue weighted by Crippen LogP contribution is 2.29. The maximum Gasteiger partial charge on any atom is 0.301 e. The zero-order chi connectivity index (χ0) is 26.2. The molecule has 1 atom stereocenters. The molecular weight excluding hydrogens is 472 g/mol. The smallest absolute Gasteiger partial charge is 0.301 e. The first kappa shape index (κ1) is 25.9. The molecule has 8 heteroatoms. The van der Waals surface area contributed by atoms with Crippen LogP contribution in [0.2, 0.25) is 0 Å². The minimum atomic E-state index is -0.691. The second-order valence-electron chi connectivity index (χ2n) is 8.46. The van der Waals surface area contributed by atoms with E-state index in [0.717, 1.165) is 27.5 Å². The highest BCUT2D eigenvalue weighted by molar-refractivity contribution is 6.09. The van der Waals surface area contributed by atoms with Crippen molar-refractivity contribution in [3.05, 3.63) is 101 Å². The summed E-state index contributed by atoms with van der Waals surface area (Å²) >= 11 is 0. The van der Waals surface area contributed by atoms with Crippen molar-refractivity contribution < 1.29 is 28.6 Å². The third kappa shape index (κ3) is 6.17. The van der Waals surface area contributed by atoms with Crippen LogP contribution in [0.25, 0.3) is 6.08 Å². The van der Waals surface area contributed by atoms with E-state index in [-0.39, 0.29) is 6.79 Å². The molecule has 1 aliphatic rings. The summed E-state index contributed by atoms with van der Waals surface area (Å²) in [7, 11) is 4.64. The number of hydrogen-bond donors (Lipinski definition) is 0. The van der Waals surface area contributed by atoms with E-state index in [2.05, 4.69) is 0 Å². The molecule has 1 fully saturated rings. The molecule has 0 radical (unpaired) electrons. The SMILES string of the molecule is COCON1C(=O)/C(=C/c2ccc(OC)cc2)N(Cc2ccc(OC)cc2)C(Cc2ccccc2)C1=O. The Kier molecular flexibility index (Phi) is 8.56. The average molecular weight is 503 g/mol. The fourth-order valence-corrected chi connectivity index (χ4v) is 4.15. The largest absolute Gasteiger partial charge is 0.497 e. The number of carbonyl (C=O) groups is 2. The number of nitrogens with zero attached hydrogens (tertiary/aromatic N) is 2. The van der Waals surface area contributed by atoms with Gasteiger partial charge in [0.2, 0.25) is 0 Å². The molecule has 3 aromatic carbocycles. The van der Waals surface area contributed by atoms with Crippen LogP contribution in [-0.2, 0) is 32.1 Å². The van der Waals surface area contributed by atoms with Gasteiger partial charge in [0.25, 0.3) is 5.91 Å². The number of hydroxylamine groups is 2. The quantitative estimate of drug-likeness (QED) is 0.235. The number of imide groups is 1. The Balaban J connectivity index is 1.79. The van der Waals surface area contributed by atoms with E-state index in [0.29, 0.717) is 24.4 Å². The number of hydrogen-bond acceptors (Lipinski definition) is 7. The van der Waals surface area contributed by atoms with Gasteiger partial charge in [-0.2, -0.15) is 0 Å². The molecule has 2 amide bonds. The summed E-state index contributed by atoms with van der Waals surface area (Å²) < 4.78 is 15.5. The van der Waals surface area contributed by atoms with Gasteiger partial charge >= 0.3 is 5.91 Å². The lowest BCUT2D eigenvalue weighted by Gasteiger charge is -2.41. The molecular formula is C29H30N2O6. The van der Waals surface area contributed by atoms with Gasteiger partial charge < -0.3 is 19.1 Å². The van der Waals surface area contributed by atoms with Crippen LogP contribution >= 0.6 is 0 Å². The zero-order valence-corrected chi connectivity index (χ0v) is 21.1. The molecule has 0 bridgehead atoms. The summed E-state index contributed by atoms with van der Waals surface area (Å²) in [4.78, 5) is 34.6. The molecule has 4 rings (SSSR count). The number of ether oxygens (including phenoxy) is 3. The molecule has 0 spiro atoms. The van der Waals surface area contributed by atoms with E-state index >= 15 is 0 Å². The molecule has 1 unspecified atom stereocenters. The van der Waals surface area contributed by atoms with Crippen LogP contribution < -0.4 is 9.47 Å². The van der Waals surface area contributed by atoms with Gasteiger partial charge in [-0.15, -0.1) is 5.06 Å². The van der Waals surface area contributed by atoms with Crippen molar-refractivity contribution in [1.82, 2.24) is 9.96 Å². The highest BCUT2D eigenvalue weighted by atomic mass is 16.8. The predicted molar refractivity (Wildman–Crippen MR) is 138 cm³/mol. The van der Waals surface area contributed by atoms with Crippen LogP contribution in [0.15, 0.2) is 84.6 Å². The predicted octanol–water partition coefficient (Wildman–Crippen LogP) is 4.06. The van der Waals surface area contributed by atoms with Gasteiger partial charge in [0, 0.05) is 20.1 Å². The van der Waals surface area contributed by atoms with Gasteiger partial charge in [-0.3, -0.25) is 9.59 Å². The van der Waals surface area contributed by atoms with Crippen LogP contribution in [0.1, 0.15) is 16.7 Å². The number of carbonyl (C=O) groups excluding carboxylic acids is 2. The van der Waals surface area contributed by atoms with E-state index in [1.165, 1.54) is 7.11 Å². The lowest BCUT2D eigenvalue weighted by Crippen LogP contribution is -2.58. The van der Waals surface area contributed by atoms with Crippen molar-refractivity contribution in [2.75, 3.05) is 28.1 Å². The summed E-state index contributed by atoms with van der Waals surface area (Å²) in [5.41, 5.74) is 3.00. The molecule has 0 saturated carbocycles. The molecule has 0 aromatic heterocycles. The fourth-order valence-electron chi connectivity index (χ4n) is 4.15. The number of piperazine rings is 1. The molecule has 8 nitrogen and oxygen atoms in total. The first-order valence-corrected chi connectivity index (χ1v) is 11.8. The highest BCUT2D eigenvalue weighted by Gasteiger charge is 2.44. The van der Waals surface area contributed by atoms with Crippen molar-refractivity contribution in [2.45, 2.75) is 19.0 Å². The summed E-state index contributed by atoms with van der Waals surface area (Å²) in [6.45, 7) is 0.100. The molecule has 1 saturated heterocycles. The second kappa shape index (κ2) is 12.2. The van der Waals surface area contributed by atoms with Crippen molar-refractivity contribution in [3.8, 4) is 11.5 Å². The van der Waals surface area contributed by atoms with Crippen molar-refractivity contribution in [1.29, 1.82) is 0 Å². The Morgan fingerprint density at radius 3 is 2.00 bits per heavy atom. The minimum absolute atomic E-state index is 0.232. The number of methoxy groups -OCH3 is 3. The summed E-state index contributed by atoms with van der Waals surface area (Å²) in [6, 6.07) is 23.9. The van der Waals surface area contributed by atoms with Gasteiger partial charge in [-0.1, -0.05) is 54.6 Å².